The van der Waals surface area contributed by atoms with Gasteiger partial charge in [0.05, 0.1) is 12.6 Å². The predicted octanol–water partition coefficient (Wildman–Crippen LogP) is -1.24. The molecule has 0 aromatic carbocycles. The first-order valence-corrected chi connectivity index (χ1v) is 5.25. The Kier molecular flexibility index (Phi) is 13.9. The van der Waals surface area contributed by atoms with E-state index < -0.39 is 0 Å². The summed E-state index contributed by atoms with van der Waals surface area (Å²) in [6, 6.07) is 1.99. The van der Waals surface area contributed by atoms with Crippen LogP contribution in [0.25, 0.3) is 0 Å². The molecule has 0 unspecified atom stereocenters. The minimum absolute atomic E-state index is 0.211. The number of carbonyl (C=O) groups is 2. The maximum absolute atomic E-state index is 10.5. The zero-order valence-corrected chi connectivity index (χ0v) is 10.7. The van der Waals surface area contributed by atoms with E-state index >= 15 is 0 Å². The number of esters is 2. The van der Waals surface area contributed by atoms with Gasteiger partial charge in [-0.25, -0.2) is 0 Å². The molecule has 0 atom stereocenters. The monoisotopic (exact) mass is 260 g/mol. The molecule has 0 heterocycles. The van der Waals surface area contributed by atoms with Gasteiger partial charge >= 0.3 is 11.9 Å². The molecule has 0 aliphatic rings. The van der Waals surface area contributed by atoms with Crippen molar-refractivity contribution >= 4 is 11.9 Å². The van der Waals surface area contributed by atoms with Crippen molar-refractivity contribution in [3.8, 4) is 6.07 Å². The highest BCUT2D eigenvalue weighted by Crippen LogP contribution is 1.90. The van der Waals surface area contributed by atoms with E-state index in [2.05, 4.69) is 11.7 Å². The van der Waals surface area contributed by atoms with Gasteiger partial charge in [0.25, 0.3) is 0 Å². The molecule has 8 nitrogen and oxygen atoms in total. The Morgan fingerprint density at radius 3 is 1.78 bits per heavy atom. The molecule has 0 aliphatic carbocycles. The van der Waals surface area contributed by atoms with Gasteiger partial charge in [0.15, 0.2) is 0 Å². The first-order valence-electron chi connectivity index (χ1n) is 5.25. The summed E-state index contributed by atoms with van der Waals surface area (Å²) in [5.41, 5.74) is 0. The minimum atomic E-state index is -0.350. The molecule has 0 bridgehead atoms. The second-order valence-corrected chi connectivity index (χ2v) is 3.11. The quantitative estimate of drug-likeness (QED) is 0.251. The third-order valence-electron chi connectivity index (χ3n) is 1.72. The lowest BCUT2D eigenvalue weighted by atomic mass is 10.4. The van der Waals surface area contributed by atoms with Crippen molar-refractivity contribution in [2.45, 2.75) is 13.8 Å². The average molecular weight is 260 g/mol. The summed E-state index contributed by atoms with van der Waals surface area (Å²) in [4.78, 5) is 22.8. The summed E-state index contributed by atoms with van der Waals surface area (Å²) < 4.78 is 9.50. The molecule has 0 aromatic heterocycles. The Bertz CT molecular complexity index is 258. The molecule has 0 aliphatic heterocycles. The first-order chi connectivity index (χ1) is 8.56. The molecule has 0 rings (SSSR count). The van der Waals surface area contributed by atoms with Gasteiger partial charge < -0.3 is 9.47 Å². The number of hydrazine groups is 1. The topological polar surface area (TPSA) is 132 Å². The van der Waals surface area contributed by atoms with E-state index in [1.165, 1.54) is 13.8 Å². The van der Waals surface area contributed by atoms with Crippen molar-refractivity contribution in [2.75, 3.05) is 32.8 Å². The number of hydrogen-bond acceptors (Lipinski definition) is 8. The van der Waals surface area contributed by atoms with Crippen molar-refractivity contribution in [1.29, 1.82) is 5.26 Å². The molecule has 0 saturated heterocycles. The van der Waals surface area contributed by atoms with Gasteiger partial charge in [-0.05, 0) is 0 Å². The Morgan fingerprint density at radius 2 is 1.50 bits per heavy atom. The second kappa shape index (κ2) is 13.4. The smallest absolute Gasteiger partial charge is 0.302 e. The van der Waals surface area contributed by atoms with E-state index in [9.17, 15) is 9.59 Å². The molecule has 4 N–H and O–H groups in total. The summed E-state index contributed by atoms with van der Waals surface area (Å²) in [7, 11) is 0. The third-order valence-corrected chi connectivity index (χ3v) is 1.72. The first kappa shape index (κ1) is 18.7. The van der Waals surface area contributed by atoms with Crippen LogP contribution in [0.4, 0.5) is 0 Å². The highest BCUT2D eigenvalue weighted by molar-refractivity contribution is 5.66. The molecular formula is C10H20N4O4. The standard InChI is InChI=1S/C10H16N2O4.H4N2/c1-9(13)15-7-5-12(4-3-11)6-8-16-10(2)14;1-2/h4-8H2,1-2H3;1-2H2. The van der Waals surface area contributed by atoms with Gasteiger partial charge in [-0.15, -0.1) is 0 Å². The third kappa shape index (κ3) is 14.3. The molecule has 0 spiro atoms. The van der Waals surface area contributed by atoms with Crippen LogP contribution >= 0.6 is 0 Å². The SMILES string of the molecule is CC(=O)OCCN(CC#N)CCOC(C)=O.NN. The maximum atomic E-state index is 10.5. The lowest BCUT2D eigenvalue weighted by Crippen LogP contribution is -2.32. The maximum Gasteiger partial charge on any atom is 0.302 e. The van der Waals surface area contributed by atoms with Crippen LogP contribution < -0.4 is 11.7 Å². The molecule has 8 heteroatoms. The molecule has 0 aromatic rings. The van der Waals surface area contributed by atoms with Gasteiger partial charge in [-0.3, -0.25) is 26.2 Å². The van der Waals surface area contributed by atoms with Crippen LogP contribution in [0.1, 0.15) is 13.8 Å². The number of carbonyl (C=O) groups excluding carboxylic acids is 2. The van der Waals surface area contributed by atoms with E-state index in [1.54, 1.807) is 4.90 Å². The Hall–Kier alpha value is -1.69. The number of rotatable bonds is 7. The fraction of sp³-hybridized carbons (Fsp3) is 0.700. The molecule has 104 valence electrons. The van der Waals surface area contributed by atoms with E-state index in [0.717, 1.165) is 0 Å². The zero-order valence-electron chi connectivity index (χ0n) is 10.7. The van der Waals surface area contributed by atoms with E-state index in [0.29, 0.717) is 13.1 Å². The van der Waals surface area contributed by atoms with Crippen LogP contribution in [0.2, 0.25) is 0 Å². The van der Waals surface area contributed by atoms with Crippen LogP contribution in [-0.4, -0.2) is 49.7 Å². The molecule has 0 fully saturated rings. The van der Waals surface area contributed by atoms with E-state index in [1.807, 2.05) is 6.07 Å². The fourth-order valence-corrected chi connectivity index (χ4v) is 1.01. The molecule has 0 amide bonds. The number of hydrogen-bond donors (Lipinski definition) is 2. The zero-order chi connectivity index (χ0) is 14.4. The van der Waals surface area contributed by atoms with Crippen molar-refractivity contribution in [1.82, 2.24) is 4.90 Å². The number of nitrogens with two attached hydrogens (primary N) is 2. The average Bonchev–Trinajstić information content (AvgIpc) is 2.30. The minimum Gasteiger partial charge on any atom is -0.465 e. The van der Waals surface area contributed by atoms with Gasteiger partial charge in [0.1, 0.15) is 13.2 Å². The number of ether oxygens (including phenoxy) is 2. The number of nitrogens with zero attached hydrogens (tertiary/aromatic N) is 2. The van der Waals surface area contributed by atoms with Gasteiger partial charge in [-0.2, -0.15) is 5.26 Å². The van der Waals surface area contributed by atoms with Crippen molar-refractivity contribution in [3.05, 3.63) is 0 Å². The van der Waals surface area contributed by atoms with Gasteiger partial charge in [0.2, 0.25) is 0 Å². The van der Waals surface area contributed by atoms with Crippen LogP contribution in [0.5, 0.6) is 0 Å². The van der Waals surface area contributed by atoms with Crippen LogP contribution in [-0.2, 0) is 19.1 Å². The van der Waals surface area contributed by atoms with Crippen molar-refractivity contribution in [3.63, 3.8) is 0 Å². The lowest BCUT2D eigenvalue weighted by Gasteiger charge is -2.18. The fourth-order valence-electron chi connectivity index (χ4n) is 1.01. The van der Waals surface area contributed by atoms with Gasteiger partial charge in [-0.1, -0.05) is 0 Å². The van der Waals surface area contributed by atoms with Crippen molar-refractivity contribution in [2.24, 2.45) is 11.7 Å². The Morgan fingerprint density at radius 1 is 1.11 bits per heavy atom. The molecule has 0 radical (unpaired) electrons. The second-order valence-electron chi connectivity index (χ2n) is 3.11. The summed E-state index contributed by atoms with van der Waals surface area (Å²) in [5, 5.41) is 8.55. The highest BCUT2D eigenvalue weighted by Gasteiger charge is 2.05. The van der Waals surface area contributed by atoms with Crippen LogP contribution in [0.3, 0.4) is 0 Å². The lowest BCUT2D eigenvalue weighted by molar-refractivity contribution is -0.141. The summed E-state index contributed by atoms with van der Waals surface area (Å²) in [5.74, 6) is 7.30. The van der Waals surface area contributed by atoms with Gasteiger partial charge in [0, 0.05) is 26.9 Å². The Labute approximate surface area is 106 Å². The molecular weight excluding hydrogens is 240 g/mol. The van der Waals surface area contributed by atoms with Crippen molar-refractivity contribution < 1.29 is 19.1 Å². The van der Waals surface area contributed by atoms with E-state index in [-0.39, 0.29) is 31.7 Å². The van der Waals surface area contributed by atoms with Crippen LogP contribution in [0.15, 0.2) is 0 Å². The highest BCUT2D eigenvalue weighted by atomic mass is 16.5. The summed E-state index contributed by atoms with van der Waals surface area (Å²) >= 11 is 0. The number of nitriles is 1. The Balaban J connectivity index is 0. The van der Waals surface area contributed by atoms with Crippen LogP contribution in [0, 0.1) is 11.3 Å². The summed E-state index contributed by atoms with van der Waals surface area (Å²) in [6.07, 6.45) is 0. The predicted molar refractivity (Wildman–Crippen MR) is 63.7 cm³/mol. The molecule has 18 heavy (non-hydrogen) atoms. The summed E-state index contributed by atoms with van der Waals surface area (Å²) in [6.45, 7) is 4.24. The van der Waals surface area contributed by atoms with E-state index in [4.69, 9.17) is 14.7 Å². The normalized spacial score (nSPS) is 8.89. The molecule has 0 saturated carbocycles. The largest absolute Gasteiger partial charge is 0.465 e.